The summed E-state index contributed by atoms with van der Waals surface area (Å²) in [5.74, 6) is 1.01. The Morgan fingerprint density at radius 1 is 1.38 bits per heavy atom. The highest BCUT2D eigenvalue weighted by Crippen LogP contribution is 2.18. The van der Waals surface area contributed by atoms with Crippen LogP contribution in [0.2, 0.25) is 0 Å². The highest BCUT2D eigenvalue weighted by atomic mass is 32.2. The van der Waals surface area contributed by atoms with Crippen molar-refractivity contribution in [1.29, 1.82) is 0 Å². The van der Waals surface area contributed by atoms with Crippen molar-refractivity contribution in [3.63, 3.8) is 0 Å². The van der Waals surface area contributed by atoms with E-state index in [0.29, 0.717) is 23.8 Å². The largest absolute Gasteiger partial charge is 0.409 e. The lowest BCUT2D eigenvalue weighted by molar-refractivity contribution is -0.943. The van der Waals surface area contributed by atoms with Crippen LogP contribution in [0.25, 0.3) is 11.5 Å². The molecular weight excluding hydrogens is 346 g/mol. The quantitative estimate of drug-likeness (QED) is 0.804. The monoisotopic (exact) mass is 368 g/mol. The van der Waals surface area contributed by atoms with Gasteiger partial charge in [0.15, 0.2) is 16.5 Å². The van der Waals surface area contributed by atoms with E-state index in [4.69, 9.17) is 16.6 Å². The molecule has 2 heterocycles. The topological polar surface area (TPSA) is 69.5 Å². The van der Waals surface area contributed by atoms with E-state index in [1.165, 1.54) is 5.56 Å². The molecule has 1 aromatic heterocycles. The Hall–Kier alpha value is -1.51. The zero-order chi connectivity index (χ0) is 17.3. The molecular formula is C16H22N3O3S2+. The van der Waals surface area contributed by atoms with Crippen molar-refractivity contribution < 1.29 is 17.7 Å². The fourth-order valence-electron chi connectivity index (χ4n) is 3.06. The van der Waals surface area contributed by atoms with Gasteiger partial charge in [0.1, 0.15) is 11.8 Å². The van der Waals surface area contributed by atoms with E-state index in [2.05, 4.69) is 5.10 Å². The van der Waals surface area contributed by atoms with Crippen molar-refractivity contribution >= 4 is 22.1 Å². The molecule has 1 unspecified atom stereocenters. The molecule has 1 N–H and O–H groups in total. The number of aryl methyl sites for hydroxylation is 1. The van der Waals surface area contributed by atoms with Crippen LogP contribution < -0.4 is 4.90 Å². The van der Waals surface area contributed by atoms with E-state index >= 15 is 0 Å². The fraction of sp³-hybridized carbons (Fsp3) is 0.500. The van der Waals surface area contributed by atoms with Gasteiger partial charge in [0.25, 0.3) is 4.84 Å². The Labute approximate surface area is 147 Å². The van der Waals surface area contributed by atoms with Crippen LogP contribution in [-0.2, 0) is 16.5 Å². The molecule has 0 spiro atoms. The smallest absolute Gasteiger partial charge is 0.292 e. The first-order valence-corrected chi connectivity index (χ1v) is 10.3. The number of aromatic nitrogens is 2. The third-order valence-electron chi connectivity index (χ3n) is 4.52. The van der Waals surface area contributed by atoms with Crippen molar-refractivity contribution in [3.8, 4) is 11.5 Å². The molecule has 0 radical (unpaired) electrons. The number of nitrogens with zero attached hydrogens (tertiary/aromatic N) is 2. The maximum Gasteiger partial charge on any atom is 0.292 e. The summed E-state index contributed by atoms with van der Waals surface area (Å²) in [5.41, 5.74) is 2.05. The van der Waals surface area contributed by atoms with Gasteiger partial charge in [-0.05, 0) is 38.2 Å². The Balaban J connectivity index is 1.80. The maximum absolute atomic E-state index is 11.7. The molecule has 1 aliphatic rings. The lowest BCUT2D eigenvalue weighted by Crippen LogP contribution is -3.15. The van der Waals surface area contributed by atoms with Gasteiger partial charge in [-0.3, -0.25) is 0 Å². The van der Waals surface area contributed by atoms with Crippen LogP contribution in [-0.4, -0.2) is 42.3 Å². The van der Waals surface area contributed by atoms with Gasteiger partial charge >= 0.3 is 0 Å². The third-order valence-corrected chi connectivity index (χ3v) is 6.58. The predicted molar refractivity (Wildman–Crippen MR) is 94.1 cm³/mol. The van der Waals surface area contributed by atoms with Gasteiger partial charge in [0.2, 0.25) is 5.89 Å². The molecule has 1 aromatic carbocycles. The van der Waals surface area contributed by atoms with Gasteiger partial charge in [-0.15, -0.1) is 5.10 Å². The highest BCUT2D eigenvalue weighted by molar-refractivity contribution is 7.91. The lowest BCUT2D eigenvalue weighted by Gasteiger charge is -2.22. The van der Waals surface area contributed by atoms with E-state index in [1.54, 1.807) is 4.68 Å². The first kappa shape index (κ1) is 17.3. The molecule has 24 heavy (non-hydrogen) atoms. The molecule has 2 atom stereocenters. The van der Waals surface area contributed by atoms with Crippen LogP contribution in [0.5, 0.6) is 0 Å². The summed E-state index contributed by atoms with van der Waals surface area (Å²) >= 11 is 5.29. The summed E-state index contributed by atoms with van der Waals surface area (Å²) in [5, 5.41) is 4.48. The summed E-state index contributed by atoms with van der Waals surface area (Å²) in [6.45, 7) is 5.40. The lowest BCUT2D eigenvalue weighted by atomic mass is 10.1. The van der Waals surface area contributed by atoms with E-state index in [0.717, 1.165) is 17.0 Å². The fourth-order valence-corrected chi connectivity index (χ4v) is 5.07. The van der Waals surface area contributed by atoms with Crippen LogP contribution in [0, 0.1) is 11.8 Å². The minimum atomic E-state index is -2.89. The second kappa shape index (κ2) is 6.78. The number of benzene rings is 1. The third kappa shape index (κ3) is 3.76. The summed E-state index contributed by atoms with van der Waals surface area (Å²) in [6, 6.07) is 8.00. The first-order chi connectivity index (χ1) is 11.4. The molecule has 3 rings (SSSR count). The molecule has 0 aliphatic carbocycles. The number of sulfone groups is 1. The molecule has 2 aromatic rings. The standard InChI is InChI=1S/C16H21N3O3S2/c1-3-18(14-8-9-24(20,21)10-14)11-19-16(23)22-15(17-19)13-6-4-12(2)5-7-13/h4-7,14H,3,8-11H2,1-2H3/p+1/t14-/m0/s1. The van der Waals surface area contributed by atoms with Crippen LogP contribution in [0.15, 0.2) is 28.7 Å². The molecule has 130 valence electrons. The number of hydrogen-bond acceptors (Lipinski definition) is 5. The normalized spacial score (nSPS) is 21.0. The molecule has 1 fully saturated rings. The zero-order valence-electron chi connectivity index (χ0n) is 13.9. The zero-order valence-corrected chi connectivity index (χ0v) is 15.5. The van der Waals surface area contributed by atoms with Gasteiger partial charge < -0.3 is 9.32 Å². The molecule has 1 aliphatic heterocycles. The van der Waals surface area contributed by atoms with Crippen LogP contribution in [0.3, 0.4) is 0 Å². The number of nitrogens with one attached hydrogen (secondary N) is 1. The molecule has 0 bridgehead atoms. The van der Waals surface area contributed by atoms with E-state index < -0.39 is 9.84 Å². The summed E-state index contributed by atoms with van der Waals surface area (Å²) in [4.78, 5) is 1.48. The van der Waals surface area contributed by atoms with Gasteiger partial charge in [-0.1, -0.05) is 17.7 Å². The molecule has 6 nitrogen and oxygen atoms in total. The van der Waals surface area contributed by atoms with Gasteiger partial charge in [0.05, 0.1) is 12.3 Å². The predicted octanol–water partition coefficient (Wildman–Crippen LogP) is 1.23. The van der Waals surface area contributed by atoms with Gasteiger partial charge in [-0.2, -0.15) is 4.68 Å². The summed E-state index contributed by atoms with van der Waals surface area (Å²) in [6.07, 6.45) is 0.696. The molecule has 1 saturated heterocycles. The van der Waals surface area contributed by atoms with Crippen molar-refractivity contribution in [3.05, 3.63) is 34.7 Å². The first-order valence-electron chi connectivity index (χ1n) is 8.08. The minimum Gasteiger partial charge on any atom is -0.409 e. The van der Waals surface area contributed by atoms with Crippen molar-refractivity contribution in [2.24, 2.45) is 0 Å². The second-order valence-electron chi connectivity index (χ2n) is 6.31. The van der Waals surface area contributed by atoms with Crippen molar-refractivity contribution in [1.82, 2.24) is 9.78 Å². The van der Waals surface area contributed by atoms with E-state index in [1.807, 2.05) is 38.1 Å². The van der Waals surface area contributed by atoms with Crippen LogP contribution in [0.1, 0.15) is 18.9 Å². The van der Waals surface area contributed by atoms with Gasteiger partial charge in [0, 0.05) is 12.0 Å². The Kier molecular flexibility index (Phi) is 4.89. The minimum absolute atomic E-state index is 0.0985. The van der Waals surface area contributed by atoms with E-state index in [9.17, 15) is 8.42 Å². The van der Waals surface area contributed by atoms with Gasteiger partial charge in [-0.25, -0.2) is 8.42 Å². The number of quaternary nitrogens is 1. The average molecular weight is 369 g/mol. The van der Waals surface area contributed by atoms with Crippen LogP contribution in [0.4, 0.5) is 0 Å². The van der Waals surface area contributed by atoms with Crippen LogP contribution >= 0.6 is 12.2 Å². The maximum atomic E-state index is 11.7. The Morgan fingerprint density at radius 2 is 2.08 bits per heavy atom. The second-order valence-corrected chi connectivity index (χ2v) is 8.89. The Bertz CT molecular complexity index is 869. The molecule has 0 amide bonds. The summed E-state index contributed by atoms with van der Waals surface area (Å²) < 4.78 is 30.7. The summed E-state index contributed by atoms with van der Waals surface area (Å²) in [7, 11) is -2.89. The molecule has 0 saturated carbocycles. The highest BCUT2D eigenvalue weighted by Gasteiger charge is 2.35. The van der Waals surface area contributed by atoms with Crippen molar-refractivity contribution in [2.75, 3.05) is 18.1 Å². The van der Waals surface area contributed by atoms with Crippen molar-refractivity contribution in [2.45, 2.75) is 33.0 Å². The Morgan fingerprint density at radius 3 is 2.67 bits per heavy atom. The number of rotatable bonds is 5. The number of hydrogen-bond donors (Lipinski definition) is 1. The SMILES string of the molecule is CC[NH+](Cn1nc(-c2ccc(C)cc2)oc1=S)[C@H]1CCS(=O)(=O)C1. The van der Waals surface area contributed by atoms with E-state index in [-0.39, 0.29) is 17.5 Å². The molecule has 8 heteroatoms. The average Bonchev–Trinajstić information content (AvgIpc) is 3.08.